The average Bonchev–Trinajstić information content (AvgIpc) is 2.49. The van der Waals surface area contributed by atoms with Crippen molar-refractivity contribution in [1.29, 1.82) is 5.41 Å². The molecule has 2 nitrogen and oxygen atoms in total. The topological polar surface area (TPSA) is 27.1 Å². The molecule has 1 atom stereocenters. The smallest absolute Gasteiger partial charge is 0.129 e. The van der Waals surface area contributed by atoms with Crippen molar-refractivity contribution in [3.63, 3.8) is 0 Å². The SMILES string of the molecule is C=C/C(C)=C/C(=N)N(C(=C)C(C)CCC)c1ccc(F)cc1. The van der Waals surface area contributed by atoms with Crippen molar-refractivity contribution in [2.45, 2.75) is 33.6 Å². The third kappa shape index (κ3) is 4.69. The molecule has 1 N–H and O–H groups in total. The molecule has 1 aromatic rings. The molecule has 0 saturated carbocycles. The summed E-state index contributed by atoms with van der Waals surface area (Å²) in [5.41, 5.74) is 2.48. The van der Waals surface area contributed by atoms with Crippen LogP contribution in [0.5, 0.6) is 0 Å². The standard InChI is InChI=1S/C19H25FN2/c1-6-8-15(4)16(5)22(19(21)13-14(3)7-2)18-11-9-17(20)10-12-18/h7,9-13,15,21H,2,5-6,8H2,1,3-4H3/b14-13+,21-19?. The highest BCUT2D eigenvalue weighted by atomic mass is 19.1. The van der Waals surface area contributed by atoms with Crippen LogP contribution in [0.4, 0.5) is 10.1 Å². The van der Waals surface area contributed by atoms with Gasteiger partial charge in [0, 0.05) is 11.4 Å². The van der Waals surface area contributed by atoms with Crippen LogP contribution in [0.3, 0.4) is 0 Å². The Hall–Kier alpha value is -2.16. The molecule has 0 aromatic heterocycles. The van der Waals surface area contributed by atoms with Crippen LogP contribution in [0.2, 0.25) is 0 Å². The van der Waals surface area contributed by atoms with Gasteiger partial charge in [0.2, 0.25) is 0 Å². The third-order valence-corrected chi connectivity index (χ3v) is 3.59. The van der Waals surface area contributed by atoms with Crippen LogP contribution >= 0.6 is 0 Å². The second-order valence-electron chi connectivity index (χ2n) is 5.47. The lowest BCUT2D eigenvalue weighted by atomic mass is 10.0. The number of amidine groups is 1. The largest absolute Gasteiger partial charge is 0.300 e. The summed E-state index contributed by atoms with van der Waals surface area (Å²) in [4.78, 5) is 1.77. The van der Waals surface area contributed by atoms with E-state index in [1.807, 2.05) is 6.92 Å². The van der Waals surface area contributed by atoms with Gasteiger partial charge >= 0.3 is 0 Å². The van der Waals surface area contributed by atoms with Crippen LogP contribution in [0.1, 0.15) is 33.6 Å². The van der Waals surface area contributed by atoms with Gasteiger partial charge in [0.25, 0.3) is 0 Å². The first-order valence-electron chi connectivity index (χ1n) is 7.54. The normalized spacial score (nSPS) is 12.6. The van der Waals surface area contributed by atoms with Gasteiger partial charge in [-0.25, -0.2) is 4.39 Å². The van der Waals surface area contributed by atoms with Crippen molar-refractivity contribution in [3.05, 3.63) is 66.7 Å². The minimum absolute atomic E-state index is 0.243. The van der Waals surface area contributed by atoms with Crippen LogP contribution in [-0.2, 0) is 0 Å². The van der Waals surface area contributed by atoms with Gasteiger partial charge in [-0.05, 0) is 55.2 Å². The molecule has 22 heavy (non-hydrogen) atoms. The number of hydrogen-bond donors (Lipinski definition) is 1. The first kappa shape index (κ1) is 17.9. The van der Waals surface area contributed by atoms with E-state index in [1.54, 1.807) is 29.2 Å². The highest BCUT2D eigenvalue weighted by Gasteiger charge is 2.19. The first-order chi connectivity index (χ1) is 10.4. The number of allylic oxidation sites excluding steroid dienone is 3. The molecule has 0 spiro atoms. The lowest BCUT2D eigenvalue weighted by Crippen LogP contribution is -2.30. The molecular weight excluding hydrogens is 275 g/mol. The fourth-order valence-electron chi connectivity index (χ4n) is 2.21. The predicted molar refractivity (Wildman–Crippen MR) is 93.8 cm³/mol. The predicted octanol–water partition coefficient (Wildman–Crippen LogP) is 5.69. The van der Waals surface area contributed by atoms with Gasteiger partial charge in [-0.3, -0.25) is 10.3 Å². The van der Waals surface area contributed by atoms with E-state index < -0.39 is 0 Å². The van der Waals surface area contributed by atoms with E-state index in [2.05, 4.69) is 27.0 Å². The van der Waals surface area contributed by atoms with E-state index in [4.69, 9.17) is 5.41 Å². The summed E-state index contributed by atoms with van der Waals surface area (Å²) in [6, 6.07) is 6.14. The zero-order valence-corrected chi connectivity index (χ0v) is 13.7. The average molecular weight is 300 g/mol. The van der Waals surface area contributed by atoms with E-state index in [-0.39, 0.29) is 11.7 Å². The molecule has 118 valence electrons. The van der Waals surface area contributed by atoms with Crippen LogP contribution < -0.4 is 4.90 Å². The number of rotatable bonds is 7. The van der Waals surface area contributed by atoms with Crippen molar-refractivity contribution >= 4 is 11.5 Å². The molecular formula is C19H25FN2. The van der Waals surface area contributed by atoms with Crippen LogP contribution in [0.15, 0.2) is 60.8 Å². The molecule has 0 aliphatic rings. The van der Waals surface area contributed by atoms with Crippen LogP contribution in [0.25, 0.3) is 0 Å². The highest BCUT2D eigenvalue weighted by molar-refractivity contribution is 6.06. The lowest BCUT2D eigenvalue weighted by molar-refractivity contribution is 0.595. The second-order valence-corrected chi connectivity index (χ2v) is 5.47. The monoisotopic (exact) mass is 300 g/mol. The molecule has 0 radical (unpaired) electrons. The number of hydrogen-bond acceptors (Lipinski definition) is 1. The van der Waals surface area contributed by atoms with E-state index >= 15 is 0 Å². The Morgan fingerprint density at radius 1 is 1.36 bits per heavy atom. The Morgan fingerprint density at radius 2 is 1.95 bits per heavy atom. The maximum absolute atomic E-state index is 13.2. The molecule has 0 heterocycles. The Morgan fingerprint density at radius 3 is 2.45 bits per heavy atom. The van der Waals surface area contributed by atoms with Crippen molar-refractivity contribution in [2.75, 3.05) is 4.90 Å². The summed E-state index contributed by atoms with van der Waals surface area (Å²) in [6.07, 6.45) is 5.48. The summed E-state index contributed by atoms with van der Waals surface area (Å²) >= 11 is 0. The van der Waals surface area contributed by atoms with Gasteiger partial charge in [-0.1, -0.05) is 39.5 Å². The minimum atomic E-state index is -0.291. The van der Waals surface area contributed by atoms with E-state index in [0.29, 0.717) is 5.84 Å². The molecule has 1 aromatic carbocycles. The van der Waals surface area contributed by atoms with Gasteiger partial charge < -0.3 is 0 Å². The minimum Gasteiger partial charge on any atom is -0.300 e. The quantitative estimate of drug-likeness (QED) is 0.391. The third-order valence-electron chi connectivity index (χ3n) is 3.59. The van der Waals surface area contributed by atoms with Gasteiger partial charge in [-0.15, -0.1) is 0 Å². The first-order valence-corrected chi connectivity index (χ1v) is 7.54. The van der Waals surface area contributed by atoms with Gasteiger partial charge in [0.15, 0.2) is 0 Å². The summed E-state index contributed by atoms with van der Waals surface area (Å²) in [6.45, 7) is 14.0. The molecule has 0 fully saturated rings. The molecule has 0 aliphatic heterocycles. The number of nitrogens with zero attached hydrogens (tertiary/aromatic N) is 1. The molecule has 0 amide bonds. The fourth-order valence-corrected chi connectivity index (χ4v) is 2.21. The Kier molecular flexibility index (Phi) is 6.77. The molecule has 0 saturated heterocycles. The summed E-state index contributed by atoms with van der Waals surface area (Å²) in [5, 5.41) is 8.37. The van der Waals surface area contributed by atoms with Crippen molar-refractivity contribution in [3.8, 4) is 0 Å². The maximum atomic E-state index is 13.2. The zero-order chi connectivity index (χ0) is 16.7. The fraction of sp³-hybridized carbons (Fsp3) is 0.316. The molecule has 0 bridgehead atoms. The lowest BCUT2D eigenvalue weighted by Gasteiger charge is -2.29. The Bertz CT molecular complexity index is 570. The molecule has 3 heteroatoms. The molecule has 0 aliphatic carbocycles. The van der Waals surface area contributed by atoms with Crippen molar-refractivity contribution in [2.24, 2.45) is 5.92 Å². The number of anilines is 1. The molecule has 1 unspecified atom stereocenters. The van der Waals surface area contributed by atoms with Crippen LogP contribution in [-0.4, -0.2) is 5.84 Å². The van der Waals surface area contributed by atoms with E-state index in [9.17, 15) is 4.39 Å². The van der Waals surface area contributed by atoms with Crippen LogP contribution in [0, 0.1) is 17.1 Å². The maximum Gasteiger partial charge on any atom is 0.129 e. The van der Waals surface area contributed by atoms with Gasteiger partial charge in [-0.2, -0.15) is 0 Å². The Labute approximate surface area is 133 Å². The number of nitrogens with one attached hydrogen (secondary N) is 1. The highest BCUT2D eigenvalue weighted by Crippen LogP contribution is 2.26. The van der Waals surface area contributed by atoms with Gasteiger partial charge in [0.05, 0.1) is 0 Å². The van der Waals surface area contributed by atoms with Crippen molar-refractivity contribution in [1.82, 2.24) is 0 Å². The Balaban J connectivity index is 3.20. The number of benzene rings is 1. The molecule has 1 rings (SSSR count). The van der Waals surface area contributed by atoms with E-state index in [0.717, 1.165) is 29.8 Å². The summed E-state index contributed by atoms with van der Waals surface area (Å²) in [7, 11) is 0. The van der Waals surface area contributed by atoms with Crippen molar-refractivity contribution < 1.29 is 4.39 Å². The zero-order valence-electron chi connectivity index (χ0n) is 13.7. The summed E-state index contributed by atoms with van der Waals surface area (Å²) < 4.78 is 13.2. The number of halogens is 1. The van der Waals surface area contributed by atoms with Gasteiger partial charge in [0.1, 0.15) is 11.7 Å². The van der Waals surface area contributed by atoms with E-state index in [1.165, 1.54) is 12.1 Å². The summed E-state index contributed by atoms with van der Waals surface area (Å²) in [5.74, 6) is 0.255. The second kappa shape index (κ2) is 8.32.